The molecular formula is C27H31NO3S. The Morgan fingerprint density at radius 3 is 2.66 bits per heavy atom. The molecule has 3 aromatic rings. The van der Waals surface area contributed by atoms with Crippen LogP contribution in [-0.2, 0) is 16.9 Å². The van der Waals surface area contributed by atoms with E-state index < -0.39 is 5.97 Å². The molecular weight excluding hydrogens is 418 g/mol. The molecule has 1 unspecified atom stereocenters. The second kappa shape index (κ2) is 9.97. The number of nitrogens with zero attached hydrogens (tertiary/aromatic N) is 1. The number of aromatic nitrogens is 1. The van der Waals surface area contributed by atoms with Crippen molar-refractivity contribution in [2.45, 2.75) is 64.6 Å². The lowest BCUT2D eigenvalue weighted by atomic mass is 9.74. The Balaban J connectivity index is 1.57. The molecule has 0 saturated heterocycles. The van der Waals surface area contributed by atoms with E-state index in [4.69, 9.17) is 4.74 Å². The molecule has 1 aliphatic rings. The Morgan fingerprint density at radius 1 is 1.19 bits per heavy atom. The van der Waals surface area contributed by atoms with Gasteiger partial charge in [-0.05, 0) is 66.5 Å². The molecule has 1 saturated carbocycles. The van der Waals surface area contributed by atoms with E-state index in [2.05, 4.69) is 37.0 Å². The Morgan fingerprint density at radius 2 is 2.00 bits per heavy atom. The molecule has 0 spiro atoms. The highest BCUT2D eigenvalue weighted by Crippen LogP contribution is 2.46. The van der Waals surface area contributed by atoms with Crippen LogP contribution in [0.4, 0.5) is 0 Å². The van der Waals surface area contributed by atoms with Crippen LogP contribution in [0.3, 0.4) is 0 Å². The number of hydrogen-bond donors (Lipinski definition) is 1. The van der Waals surface area contributed by atoms with Crippen molar-refractivity contribution in [2.75, 3.05) is 0 Å². The van der Waals surface area contributed by atoms with Crippen LogP contribution in [0.2, 0.25) is 0 Å². The van der Waals surface area contributed by atoms with Crippen molar-refractivity contribution in [3.05, 3.63) is 75.7 Å². The number of ether oxygens (including phenoxy) is 1. The van der Waals surface area contributed by atoms with Gasteiger partial charge in [-0.1, -0.05) is 56.5 Å². The number of hydrogen-bond acceptors (Lipinski definition) is 4. The van der Waals surface area contributed by atoms with Crippen LogP contribution in [0.5, 0.6) is 0 Å². The lowest BCUT2D eigenvalue weighted by molar-refractivity contribution is -0.113. The normalized spacial score (nSPS) is 16.6. The molecule has 0 amide bonds. The molecule has 1 atom stereocenters. The monoisotopic (exact) mass is 449 g/mol. The van der Waals surface area contributed by atoms with E-state index >= 15 is 0 Å². The minimum atomic E-state index is -0.906. The molecule has 4 rings (SSSR count). The van der Waals surface area contributed by atoms with Gasteiger partial charge in [0.1, 0.15) is 5.60 Å². The Labute approximate surface area is 194 Å². The predicted molar refractivity (Wildman–Crippen MR) is 129 cm³/mol. The minimum absolute atomic E-state index is 0.274. The maximum Gasteiger partial charge on any atom is 0.335 e. The van der Waals surface area contributed by atoms with E-state index in [1.54, 1.807) is 29.5 Å². The van der Waals surface area contributed by atoms with Crippen LogP contribution in [0.15, 0.2) is 54.2 Å². The SMILES string of the molecule is CCC(OCc1ccc(-c2cccc(C(=O)O)c2)c(C)c1)(c1cncs1)C1CCCCC1. The van der Waals surface area contributed by atoms with Crippen molar-refractivity contribution >= 4 is 17.3 Å². The molecule has 0 radical (unpaired) electrons. The van der Waals surface area contributed by atoms with Gasteiger partial charge in [-0.3, -0.25) is 4.98 Å². The van der Waals surface area contributed by atoms with Crippen molar-refractivity contribution in [2.24, 2.45) is 5.92 Å². The molecule has 1 heterocycles. The average Bonchev–Trinajstić information content (AvgIpc) is 3.36. The number of aryl methyl sites for hydroxylation is 1. The first kappa shape index (κ1) is 22.7. The van der Waals surface area contributed by atoms with Gasteiger partial charge in [0.2, 0.25) is 0 Å². The molecule has 168 valence electrons. The number of benzene rings is 2. The van der Waals surface area contributed by atoms with Crippen molar-refractivity contribution < 1.29 is 14.6 Å². The van der Waals surface area contributed by atoms with Gasteiger partial charge in [0.25, 0.3) is 0 Å². The third-order valence-electron chi connectivity index (χ3n) is 6.85. The third kappa shape index (κ3) is 4.64. The van der Waals surface area contributed by atoms with Gasteiger partial charge in [0, 0.05) is 6.20 Å². The van der Waals surface area contributed by atoms with Crippen molar-refractivity contribution in [3.63, 3.8) is 0 Å². The number of rotatable bonds is 8. The van der Waals surface area contributed by atoms with Crippen molar-refractivity contribution in [3.8, 4) is 11.1 Å². The zero-order chi connectivity index (χ0) is 22.6. The fourth-order valence-corrected chi connectivity index (χ4v) is 6.05. The summed E-state index contributed by atoms with van der Waals surface area (Å²) in [6, 6.07) is 13.5. The van der Waals surface area contributed by atoms with E-state index in [-0.39, 0.29) is 5.60 Å². The first-order chi connectivity index (χ1) is 15.5. The van der Waals surface area contributed by atoms with Crippen LogP contribution in [0, 0.1) is 12.8 Å². The highest BCUT2D eigenvalue weighted by molar-refractivity contribution is 7.09. The van der Waals surface area contributed by atoms with Crippen LogP contribution >= 0.6 is 11.3 Å². The fourth-order valence-electron chi connectivity index (χ4n) is 5.12. The van der Waals surface area contributed by atoms with E-state index in [9.17, 15) is 9.90 Å². The van der Waals surface area contributed by atoms with Gasteiger partial charge in [-0.2, -0.15) is 0 Å². The Hall–Kier alpha value is -2.50. The molecule has 5 heteroatoms. The van der Waals surface area contributed by atoms with Crippen molar-refractivity contribution in [1.29, 1.82) is 0 Å². The summed E-state index contributed by atoms with van der Waals surface area (Å²) in [6.45, 7) is 4.86. The van der Waals surface area contributed by atoms with Crippen LogP contribution < -0.4 is 0 Å². The van der Waals surface area contributed by atoms with Crippen LogP contribution in [-0.4, -0.2) is 16.1 Å². The second-order valence-corrected chi connectivity index (χ2v) is 9.65. The highest BCUT2D eigenvalue weighted by atomic mass is 32.1. The maximum atomic E-state index is 11.3. The Kier molecular flexibility index (Phi) is 7.07. The van der Waals surface area contributed by atoms with E-state index in [0.717, 1.165) is 28.7 Å². The molecule has 1 aliphatic carbocycles. The number of carboxylic acids is 1. The lowest BCUT2D eigenvalue weighted by Gasteiger charge is -2.41. The summed E-state index contributed by atoms with van der Waals surface area (Å²) < 4.78 is 6.79. The summed E-state index contributed by atoms with van der Waals surface area (Å²) in [4.78, 5) is 16.9. The summed E-state index contributed by atoms with van der Waals surface area (Å²) in [5.74, 6) is -0.378. The molecule has 1 fully saturated rings. The third-order valence-corrected chi connectivity index (χ3v) is 7.78. The van der Waals surface area contributed by atoms with Gasteiger partial charge in [0.05, 0.1) is 22.6 Å². The number of carboxylic acid groups (broad SMARTS) is 1. The molecule has 1 N–H and O–H groups in total. The maximum absolute atomic E-state index is 11.3. The van der Waals surface area contributed by atoms with Crippen LogP contribution in [0.25, 0.3) is 11.1 Å². The molecule has 32 heavy (non-hydrogen) atoms. The zero-order valence-corrected chi connectivity index (χ0v) is 19.7. The number of aromatic carboxylic acids is 1. The summed E-state index contributed by atoms with van der Waals surface area (Å²) in [7, 11) is 0. The first-order valence-corrected chi connectivity index (χ1v) is 12.4. The standard InChI is InChI=1S/C27H31NO3S/c1-3-27(25-16-28-18-32-25,23-10-5-4-6-11-23)31-17-20-12-13-24(19(2)14-20)21-8-7-9-22(15-21)26(29)30/h7-9,12-16,18,23H,3-6,10-11,17H2,1-2H3,(H,29,30). The zero-order valence-electron chi connectivity index (χ0n) is 18.8. The quantitative estimate of drug-likeness (QED) is 0.394. The summed E-state index contributed by atoms with van der Waals surface area (Å²) in [5, 5.41) is 9.30. The second-order valence-electron chi connectivity index (χ2n) is 8.77. The molecule has 2 aromatic carbocycles. The Bertz CT molecular complexity index is 1060. The van der Waals surface area contributed by atoms with Gasteiger partial charge in [-0.25, -0.2) is 4.79 Å². The summed E-state index contributed by atoms with van der Waals surface area (Å²) in [6.07, 6.45) is 9.23. The highest BCUT2D eigenvalue weighted by Gasteiger charge is 2.41. The molecule has 1 aromatic heterocycles. The topological polar surface area (TPSA) is 59.4 Å². The van der Waals surface area contributed by atoms with Gasteiger partial charge in [-0.15, -0.1) is 11.3 Å². The predicted octanol–water partition coefficient (Wildman–Crippen LogP) is 7.22. The summed E-state index contributed by atoms with van der Waals surface area (Å²) >= 11 is 1.71. The largest absolute Gasteiger partial charge is 0.478 e. The number of thiazole rings is 1. The van der Waals surface area contributed by atoms with Gasteiger partial charge < -0.3 is 9.84 Å². The smallest absolute Gasteiger partial charge is 0.335 e. The first-order valence-electron chi connectivity index (χ1n) is 11.5. The van der Waals surface area contributed by atoms with Gasteiger partial charge in [0.15, 0.2) is 0 Å². The van der Waals surface area contributed by atoms with E-state index in [0.29, 0.717) is 18.1 Å². The van der Waals surface area contributed by atoms with Crippen molar-refractivity contribution in [1.82, 2.24) is 4.98 Å². The van der Waals surface area contributed by atoms with E-state index in [1.165, 1.54) is 37.0 Å². The van der Waals surface area contributed by atoms with Crippen LogP contribution in [0.1, 0.15) is 71.8 Å². The molecule has 4 nitrogen and oxygen atoms in total. The fraction of sp³-hybridized carbons (Fsp3) is 0.407. The molecule has 0 aliphatic heterocycles. The number of carbonyl (C=O) groups is 1. The van der Waals surface area contributed by atoms with Gasteiger partial charge >= 0.3 is 5.97 Å². The minimum Gasteiger partial charge on any atom is -0.478 e. The summed E-state index contributed by atoms with van der Waals surface area (Å²) in [5.41, 5.74) is 6.17. The lowest BCUT2D eigenvalue weighted by Crippen LogP contribution is -2.38. The van der Waals surface area contributed by atoms with E-state index in [1.807, 2.05) is 17.8 Å². The molecule has 0 bridgehead atoms. The average molecular weight is 450 g/mol.